The molecule has 29 heavy (non-hydrogen) atoms. The average molecular weight is 463 g/mol. The third-order valence-electron chi connectivity index (χ3n) is 4.28. The Kier molecular flexibility index (Phi) is 9.02. The summed E-state index contributed by atoms with van der Waals surface area (Å²) in [6.07, 6.45) is 0.619. The highest BCUT2D eigenvalue weighted by Crippen LogP contribution is 2.25. The first-order valence-electron chi connectivity index (χ1n) is 8.80. The molecule has 0 aliphatic carbocycles. The van der Waals surface area contributed by atoms with Crippen molar-refractivity contribution in [3.63, 3.8) is 0 Å². The van der Waals surface area contributed by atoms with Gasteiger partial charge < -0.3 is 16.0 Å². The molecule has 0 atom stereocenters. The average Bonchev–Trinajstić information content (AvgIpc) is 3.03. The van der Waals surface area contributed by atoms with Crippen LogP contribution >= 0.6 is 36.2 Å². The topological polar surface area (TPSA) is 83.1 Å². The monoisotopic (exact) mass is 462 g/mol. The summed E-state index contributed by atoms with van der Waals surface area (Å²) in [6, 6.07) is 3.43. The van der Waals surface area contributed by atoms with E-state index in [-0.39, 0.29) is 54.6 Å². The number of nitrogens with zero attached hydrogens (tertiary/aromatic N) is 1. The molecule has 3 N–H and O–H groups in total. The van der Waals surface area contributed by atoms with Crippen molar-refractivity contribution in [1.29, 1.82) is 0 Å². The highest BCUT2D eigenvalue weighted by molar-refractivity contribution is 7.13. The molecule has 1 aromatic heterocycles. The van der Waals surface area contributed by atoms with E-state index < -0.39 is 5.41 Å². The minimum Gasteiger partial charge on any atom is -0.323 e. The van der Waals surface area contributed by atoms with Crippen LogP contribution in [0.25, 0.3) is 0 Å². The van der Waals surface area contributed by atoms with Gasteiger partial charge in [0.05, 0.1) is 17.8 Å². The predicted molar refractivity (Wildman–Crippen MR) is 119 cm³/mol. The highest BCUT2D eigenvalue weighted by atomic mass is 35.5. The van der Waals surface area contributed by atoms with Gasteiger partial charge in [-0.2, -0.15) is 0 Å². The number of aromatic nitrogens is 1. The number of anilines is 2. The Morgan fingerprint density at radius 2 is 1.97 bits per heavy atom. The number of benzene rings is 1. The molecule has 0 radical (unpaired) electrons. The van der Waals surface area contributed by atoms with Gasteiger partial charge in [-0.1, -0.05) is 26.8 Å². The number of rotatable bonds is 4. The Hall–Kier alpha value is -1.74. The van der Waals surface area contributed by atoms with Crippen LogP contribution in [-0.4, -0.2) is 23.3 Å². The van der Waals surface area contributed by atoms with E-state index in [1.54, 1.807) is 11.4 Å². The van der Waals surface area contributed by atoms with Gasteiger partial charge in [-0.3, -0.25) is 9.59 Å². The van der Waals surface area contributed by atoms with E-state index >= 15 is 0 Å². The molecule has 6 nitrogen and oxygen atoms in total. The Bertz CT molecular complexity index is 884. The molecular weight excluding hydrogens is 438 g/mol. The zero-order valence-corrected chi connectivity index (χ0v) is 18.9. The fraction of sp³-hybridized carbons (Fsp3) is 0.421. The van der Waals surface area contributed by atoms with Crippen molar-refractivity contribution < 1.29 is 14.0 Å². The number of nitrogens with one attached hydrogen (secondary N) is 3. The number of hydrogen-bond acceptors (Lipinski definition) is 5. The van der Waals surface area contributed by atoms with Crippen molar-refractivity contribution in [3.05, 3.63) is 40.2 Å². The summed E-state index contributed by atoms with van der Waals surface area (Å²) >= 11 is 1.26. The van der Waals surface area contributed by atoms with Gasteiger partial charge >= 0.3 is 0 Å². The second-order valence-corrected chi connectivity index (χ2v) is 8.42. The van der Waals surface area contributed by atoms with E-state index in [9.17, 15) is 14.0 Å². The van der Waals surface area contributed by atoms with Crippen LogP contribution in [0, 0.1) is 11.2 Å². The molecule has 0 unspecified atom stereocenters. The van der Waals surface area contributed by atoms with Crippen LogP contribution in [-0.2, 0) is 29.0 Å². The lowest BCUT2D eigenvalue weighted by molar-refractivity contribution is -0.123. The predicted octanol–water partition coefficient (Wildman–Crippen LogP) is 3.94. The molecule has 0 fully saturated rings. The summed E-state index contributed by atoms with van der Waals surface area (Å²) in [7, 11) is 0. The van der Waals surface area contributed by atoms with Gasteiger partial charge in [-0.25, -0.2) is 9.37 Å². The van der Waals surface area contributed by atoms with Gasteiger partial charge in [0, 0.05) is 17.3 Å². The maximum absolute atomic E-state index is 14.6. The first-order valence-corrected chi connectivity index (χ1v) is 9.68. The van der Waals surface area contributed by atoms with Crippen LogP contribution in [0.5, 0.6) is 0 Å². The molecule has 0 bridgehead atoms. The molecular formula is C19H25Cl2FN4O2S. The Balaban J connectivity index is 0.00000210. The van der Waals surface area contributed by atoms with E-state index in [1.807, 2.05) is 26.8 Å². The van der Waals surface area contributed by atoms with E-state index in [0.717, 1.165) is 12.1 Å². The number of hydrogen-bond donors (Lipinski definition) is 3. The van der Waals surface area contributed by atoms with Crippen LogP contribution in [0.4, 0.5) is 15.2 Å². The number of thiazole rings is 1. The maximum Gasteiger partial charge on any atom is 0.231 e. The van der Waals surface area contributed by atoms with Crippen molar-refractivity contribution in [3.8, 4) is 0 Å². The SMILES string of the molecule is CC(C)(C)C(=O)Nc1nc(CC(=O)Nc2ccc3c(c2F)CCNC3)cs1.Cl.Cl. The largest absolute Gasteiger partial charge is 0.323 e. The van der Waals surface area contributed by atoms with Crippen LogP contribution in [0.1, 0.15) is 37.6 Å². The van der Waals surface area contributed by atoms with Crippen LogP contribution < -0.4 is 16.0 Å². The second kappa shape index (κ2) is 10.3. The van der Waals surface area contributed by atoms with Crippen LogP contribution in [0.3, 0.4) is 0 Å². The van der Waals surface area contributed by atoms with E-state index in [0.29, 0.717) is 29.4 Å². The smallest absolute Gasteiger partial charge is 0.231 e. The fourth-order valence-corrected chi connectivity index (χ4v) is 3.42. The molecule has 1 aromatic carbocycles. The molecule has 3 rings (SSSR count). The number of halogens is 3. The summed E-state index contributed by atoms with van der Waals surface area (Å²) in [5.74, 6) is -0.848. The minimum absolute atomic E-state index is 0. The van der Waals surface area contributed by atoms with Crippen molar-refractivity contribution in [2.75, 3.05) is 17.2 Å². The van der Waals surface area contributed by atoms with E-state index in [2.05, 4.69) is 20.9 Å². The third-order valence-corrected chi connectivity index (χ3v) is 5.08. The molecule has 1 aliphatic heterocycles. The van der Waals surface area contributed by atoms with Gasteiger partial charge in [0.25, 0.3) is 0 Å². The molecule has 0 spiro atoms. The number of carbonyl (C=O) groups excluding carboxylic acids is 2. The van der Waals surface area contributed by atoms with Crippen LogP contribution in [0.2, 0.25) is 0 Å². The Morgan fingerprint density at radius 1 is 1.24 bits per heavy atom. The lowest BCUT2D eigenvalue weighted by Crippen LogP contribution is -2.27. The third kappa shape index (κ3) is 6.37. The Labute approximate surface area is 185 Å². The summed E-state index contributed by atoms with van der Waals surface area (Å²) < 4.78 is 14.6. The van der Waals surface area contributed by atoms with E-state index in [1.165, 1.54) is 11.3 Å². The van der Waals surface area contributed by atoms with Gasteiger partial charge in [-0.15, -0.1) is 36.2 Å². The maximum atomic E-state index is 14.6. The first-order chi connectivity index (χ1) is 12.7. The lowest BCUT2D eigenvalue weighted by atomic mass is 9.96. The normalized spacial score (nSPS) is 12.8. The molecule has 0 saturated heterocycles. The lowest BCUT2D eigenvalue weighted by Gasteiger charge is -2.19. The molecule has 0 saturated carbocycles. The quantitative estimate of drug-likeness (QED) is 0.642. The standard InChI is InChI=1S/C19H23FN4O2S.2ClH/c1-19(2,3)17(26)24-18-22-12(10-27-18)8-15(25)23-14-5-4-11-9-21-7-6-13(11)16(14)20;;/h4-5,10,21H,6-9H2,1-3H3,(H,23,25)(H,22,24,26);2*1H. The zero-order chi connectivity index (χ0) is 19.6. The molecule has 2 heterocycles. The van der Waals surface area contributed by atoms with Crippen molar-refractivity contribution >= 4 is 58.8 Å². The zero-order valence-electron chi connectivity index (χ0n) is 16.4. The summed E-state index contributed by atoms with van der Waals surface area (Å²) in [4.78, 5) is 28.5. The first kappa shape index (κ1) is 25.3. The van der Waals surface area contributed by atoms with Gasteiger partial charge in [0.2, 0.25) is 11.8 Å². The molecule has 10 heteroatoms. The minimum atomic E-state index is -0.525. The number of carbonyl (C=O) groups is 2. The summed E-state index contributed by atoms with van der Waals surface area (Å²) in [6.45, 7) is 6.81. The van der Waals surface area contributed by atoms with Crippen molar-refractivity contribution in [2.45, 2.75) is 40.2 Å². The summed E-state index contributed by atoms with van der Waals surface area (Å²) in [5, 5.41) is 10.7. The number of fused-ring (bicyclic) bond motifs is 1. The summed E-state index contributed by atoms with van der Waals surface area (Å²) in [5.41, 5.74) is 1.78. The number of amides is 2. The van der Waals surface area contributed by atoms with Crippen molar-refractivity contribution in [2.24, 2.45) is 5.41 Å². The fourth-order valence-electron chi connectivity index (χ4n) is 2.72. The molecule has 2 amide bonds. The molecule has 1 aliphatic rings. The molecule has 2 aromatic rings. The van der Waals surface area contributed by atoms with E-state index in [4.69, 9.17) is 0 Å². The van der Waals surface area contributed by atoms with Gasteiger partial charge in [-0.05, 0) is 30.2 Å². The molecule has 160 valence electrons. The second-order valence-electron chi connectivity index (χ2n) is 7.56. The van der Waals surface area contributed by atoms with Gasteiger partial charge in [0.15, 0.2) is 5.13 Å². The highest BCUT2D eigenvalue weighted by Gasteiger charge is 2.22. The van der Waals surface area contributed by atoms with Crippen LogP contribution in [0.15, 0.2) is 17.5 Å². The Morgan fingerprint density at radius 3 is 2.66 bits per heavy atom. The van der Waals surface area contributed by atoms with Crippen molar-refractivity contribution in [1.82, 2.24) is 10.3 Å². The van der Waals surface area contributed by atoms with Gasteiger partial charge in [0.1, 0.15) is 5.82 Å².